The SMILES string of the molecule is COCON1C(=O)C(c2c(C)cc(C)c(C)c2C)=C(O)C12CCCCC2. The fourth-order valence-corrected chi connectivity index (χ4v) is 4.48. The summed E-state index contributed by atoms with van der Waals surface area (Å²) in [6.07, 6.45) is 4.45. The van der Waals surface area contributed by atoms with E-state index in [2.05, 4.69) is 19.9 Å². The Kier molecular flexibility index (Phi) is 5.13. The Bertz CT molecular complexity index is 760. The molecule has 142 valence electrons. The normalized spacial score (nSPS) is 19.7. The fourth-order valence-electron chi connectivity index (χ4n) is 4.48. The Morgan fingerprint density at radius 1 is 1.08 bits per heavy atom. The maximum Gasteiger partial charge on any atom is 0.282 e. The predicted molar refractivity (Wildman–Crippen MR) is 101 cm³/mol. The molecule has 1 aliphatic heterocycles. The number of carbonyl (C=O) groups is 1. The highest BCUT2D eigenvalue weighted by molar-refractivity contribution is 6.23. The highest BCUT2D eigenvalue weighted by Gasteiger charge is 2.54. The molecule has 26 heavy (non-hydrogen) atoms. The second-order valence-electron chi connectivity index (χ2n) is 7.59. The topological polar surface area (TPSA) is 59.0 Å². The van der Waals surface area contributed by atoms with Gasteiger partial charge in [0.2, 0.25) is 0 Å². The molecular weight excluding hydrogens is 330 g/mol. The number of aliphatic hydroxyl groups is 1. The number of aliphatic hydroxyl groups excluding tert-OH is 1. The number of rotatable bonds is 4. The van der Waals surface area contributed by atoms with Crippen molar-refractivity contribution in [3.05, 3.63) is 39.6 Å². The Morgan fingerprint density at radius 2 is 1.73 bits per heavy atom. The molecular formula is C21H29NO4. The first-order chi connectivity index (χ1) is 12.3. The van der Waals surface area contributed by atoms with Crippen molar-refractivity contribution in [2.75, 3.05) is 13.9 Å². The zero-order valence-electron chi connectivity index (χ0n) is 16.4. The van der Waals surface area contributed by atoms with Gasteiger partial charge in [-0.3, -0.25) is 4.79 Å². The van der Waals surface area contributed by atoms with Gasteiger partial charge in [-0.2, -0.15) is 0 Å². The van der Waals surface area contributed by atoms with E-state index < -0.39 is 5.54 Å². The van der Waals surface area contributed by atoms with E-state index in [9.17, 15) is 9.90 Å². The van der Waals surface area contributed by atoms with Crippen LogP contribution in [0.3, 0.4) is 0 Å². The largest absolute Gasteiger partial charge is 0.509 e. The molecule has 1 aliphatic carbocycles. The lowest BCUT2D eigenvalue weighted by Gasteiger charge is -2.39. The van der Waals surface area contributed by atoms with Crippen LogP contribution in [0.2, 0.25) is 0 Å². The summed E-state index contributed by atoms with van der Waals surface area (Å²) in [4.78, 5) is 19.0. The molecule has 1 N–H and O–H groups in total. The summed E-state index contributed by atoms with van der Waals surface area (Å²) >= 11 is 0. The molecule has 1 amide bonds. The molecule has 1 aromatic rings. The van der Waals surface area contributed by atoms with Crippen LogP contribution in [0.25, 0.3) is 5.57 Å². The Labute approximate surface area is 155 Å². The summed E-state index contributed by atoms with van der Waals surface area (Å²) in [5.74, 6) is -0.108. The quantitative estimate of drug-likeness (QED) is 0.816. The molecule has 5 nitrogen and oxygen atoms in total. The van der Waals surface area contributed by atoms with E-state index in [0.29, 0.717) is 18.4 Å². The van der Waals surface area contributed by atoms with Gasteiger partial charge in [0.25, 0.3) is 5.91 Å². The lowest BCUT2D eigenvalue weighted by Crippen LogP contribution is -2.49. The monoisotopic (exact) mass is 359 g/mol. The van der Waals surface area contributed by atoms with Gasteiger partial charge in [-0.15, -0.1) is 0 Å². The van der Waals surface area contributed by atoms with Crippen LogP contribution >= 0.6 is 0 Å². The molecule has 0 radical (unpaired) electrons. The number of amides is 1. The second-order valence-corrected chi connectivity index (χ2v) is 7.59. The maximum absolute atomic E-state index is 13.3. The van der Waals surface area contributed by atoms with Crippen LogP contribution in [0.5, 0.6) is 0 Å². The molecule has 1 aromatic carbocycles. The third-order valence-electron chi connectivity index (χ3n) is 6.05. The third-order valence-corrected chi connectivity index (χ3v) is 6.05. The minimum absolute atomic E-state index is 0.0149. The number of carbonyl (C=O) groups excluding carboxylic acids is 1. The number of ether oxygens (including phenoxy) is 1. The van der Waals surface area contributed by atoms with Crippen molar-refractivity contribution in [1.29, 1.82) is 0 Å². The van der Waals surface area contributed by atoms with Crippen molar-refractivity contribution >= 4 is 11.5 Å². The van der Waals surface area contributed by atoms with Gasteiger partial charge in [0.1, 0.15) is 11.3 Å². The molecule has 0 atom stereocenters. The van der Waals surface area contributed by atoms with Gasteiger partial charge in [0.15, 0.2) is 6.79 Å². The molecule has 0 unspecified atom stereocenters. The van der Waals surface area contributed by atoms with Gasteiger partial charge in [-0.25, -0.2) is 9.90 Å². The van der Waals surface area contributed by atoms with E-state index in [4.69, 9.17) is 9.57 Å². The van der Waals surface area contributed by atoms with E-state index in [0.717, 1.165) is 41.5 Å². The van der Waals surface area contributed by atoms with Crippen LogP contribution in [0, 0.1) is 27.7 Å². The summed E-state index contributed by atoms with van der Waals surface area (Å²) in [5.41, 5.74) is 4.84. The van der Waals surface area contributed by atoms with Crippen molar-refractivity contribution in [3.8, 4) is 0 Å². The summed E-state index contributed by atoms with van der Waals surface area (Å²) in [7, 11) is 1.53. The molecule has 0 aromatic heterocycles. The van der Waals surface area contributed by atoms with E-state index in [-0.39, 0.29) is 18.5 Å². The first-order valence-electron chi connectivity index (χ1n) is 9.33. The van der Waals surface area contributed by atoms with E-state index >= 15 is 0 Å². The van der Waals surface area contributed by atoms with Crippen LogP contribution in [0.4, 0.5) is 0 Å². The molecule has 0 bridgehead atoms. The fraction of sp³-hybridized carbons (Fsp3) is 0.571. The summed E-state index contributed by atoms with van der Waals surface area (Å²) in [6.45, 7) is 8.12. The Hall–Kier alpha value is -1.85. The minimum Gasteiger partial charge on any atom is -0.509 e. The van der Waals surface area contributed by atoms with Crippen LogP contribution in [-0.4, -0.2) is 35.5 Å². The van der Waals surface area contributed by atoms with Gasteiger partial charge >= 0.3 is 0 Å². The number of hydrogen-bond acceptors (Lipinski definition) is 4. The smallest absolute Gasteiger partial charge is 0.282 e. The van der Waals surface area contributed by atoms with Gasteiger partial charge in [0.05, 0.1) is 5.57 Å². The summed E-state index contributed by atoms with van der Waals surface area (Å²) < 4.78 is 5.03. The van der Waals surface area contributed by atoms with E-state index in [1.165, 1.54) is 17.7 Å². The highest BCUT2D eigenvalue weighted by Crippen LogP contribution is 2.48. The van der Waals surface area contributed by atoms with Gasteiger partial charge in [0, 0.05) is 7.11 Å². The lowest BCUT2D eigenvalue weighted by molar-refractivity contribution is -0.248. The number of methoxy groups -OCH3 is 1. The lowest BCUT2D eigenvalue weighted by atomic mass is 9.79. The van der Waals surface area contributed by atoms with Gasteiger partial charge < -0.3 is 9.84 Å². The average Bonchev–Trinajstić information content (AvgIpc) is 2.80. The third kappa shape index (κ3) is 2.74. The number of hydrogen-bond donors (Lipinski definition) is 1. The van der Waals surface area contributed by atoms with Gasteiger partial charge in [-0.05, 0) is 68.4 Å². The predicted octanol–water partition coefficient (Wildman–Crippen LogP) is 4.27. The first-order valence-corrected chi connectivity index (χ1v) is 9.33. The first kappa shape index (κ1) is 18.9. The standard InChI is InChI=1S/C21H29NO4/c1-13-11-14(2)17(16(4)15(13)3)18-19(23)21(9-7-6-8-10-21)22(20(18)24)26-12-25-5/h11,23H,6-10,12H2,1-5H3. The zero-order chi connectivity index (χ0) is 19.1. The second kappa shape index (κ2) is 7.05. The Morgan fingerprint density at radius 3 is 2.35 bits per heavy atom. The zero-order valence-corrected chi connectivity index (χ0v) is 16.4. The van der Waals surface area contributed by atoms with Crippen molar-refractivity contribution in [1.82, 2.24) is 5.06 Å². The molecule has 1 heterocycles. The maximum atomic E-state index is 13.3. The number of aryl methyl sites for hydroxylation is 2. The van der Waals surface area contributed by atoms with Crippen molar-refractivity contribution in [2.24, 2.45) is 0 Å². The highest BCUT2D eigenvalue weighted by atomic mass is 16.8. The molecule has 3 rings (SSSR count). The summed E-state index contributed by atoms with van der Waals surface area (Å²) in [6, 6.07) is 2.08. The summed E-state index contributed by atoms with van der Waals surface area (Å²) in [5, 5.41) is 12.6. The molecule has 1 saturated carbocycles. The molecule has 5 heteroatoms. The Balaban J connectivity index is 2.18. The number of hydroxylamine groups is 2. The van der Waals surface area contributed by atoms with Crippen LogP contribution in [-0.2, 0) is 14.4 Å². The van der Waals surface area contributed by atoms with Gasteiger partial charge in [-0.1, -0.05) is 25.3 Å². The van der Waals surface area contributed by atoms with Crippen LogP contribution in [0.1, 0.15) is 59.9 Å². The van der Waals surface area contributed by atoms with Crippen molar-refractivity contribution < 1.29 is 19.5 Å². The molecule has 1 spiro atoms. The van der Waals surface area contributed by atoms with E-state index in [1.807, 2.05) is 13.8 Å². The molecule has 1 fully saturated rings. The average molecular weight is 359 g/mol. The molecule has 0 saturated heterocycles. The molecule has 2 aliphatic rings. The van der Waals surface area contributed by atoms with Crippen molar-refractivity contribution in [3.63, 3.8) is 0 Å². The minimum atomic E-state index is -0.763. The van der Waals surface area contributed by atoms with E-state index in [1.54, 1.807) is 0 Å². The van der Waals surface area contributed by atoms with Crippen LogP contribution < -0.4 is 0 Å². The van der Waals surface area contributed by atoms with Crippen LogP contribution in [0.15, 0.2) is 11.8 Å². The number of nitrogens with zero attached hydrogens (tertiary/aromatic N) is 1. The van der Waals surface area contributed by atoms with Crippen molar-refractivity contribution in [2.45, 2.75) is 65.3 Å². The number of benzene rings is 1.